The number of pyridine rings is 1. The molecule has 0 amide bonds. The molecule has 1 aromatic heterocycles. The lowest BCUT2D eigenvalue weighted by Crippen LogP contribution is -2.11. The number of aromatic nitrogens is 1. The maximum Gasteiger partial charge on any atom is 0.419 e. The van der Waals surface area contributed by atoms with Gasteiger partial charge in [0, 0.05) is 16.5 Å². The molecule has 3 aromatic carbocycles. The fraction of sp³-hybridized carbons (Fsp3) is 0.0455. The van der Waals surface area contributed by atoms with Gasteiger partial charge >= 0.3 is 6.18 Å². The van der Waals surface area contributed by atoms with Crippen molar-refractivity contribution in [1.29, 1.82) is 0 Å². The first-order chi connectivity index (χ1) is 12.6. The van der Waals surface area contributed by atoms with Gasteiger partial charge in [0.05, 0.1) is 16.8 Å². The van der Waals surface area contributed by atoms with Gasteiger partial charge in [-0.2, -0.15) is 13.2 Å². The molecule has 0 atom stereocenters. The van der Waals surface area contributed by atoms with E-state index < -0.39 is 11.7 Å². The summed E-state index contributed by atoms with van der Waals surface area (Å²) >= 11 is 0. The molecule has 4 heteroatoms. The number of nitrogens with zero attached hydrogens (tertiary/aromatic N) is 1. The summed E-state index contributed by atoms with van der Waals surface area (Å²) < 4.78 is 42.5. The highest BCUT2D eigenvalue weighted by molar-refractivity contribution is 5.99. The Kier molecular flexibility index (Phi) is 3.96. The molecule has 0 saturated carbocycles. The Morgan fingerprint density at radius 1 is 0.615 bits per heavy atom. The number of fused-ring (bicyclic) bond motifs is 1. The summed E-state index contributed by atoms with van der Waals surface area (Å²) in [6, 6.07) is 24.1. The summed E-state index contributed by atoms with van der Waals surface area (Å²) in [5.41, 5.74) is 0.934. The van der Waals surface area contributed by atoms with E-state index in [-0.39, 0.29) is 11.3 Å². The van der Waals surface area contributed by atoms with Crippen molar-refractivity contribution >= 4 is 10.9 Å². The molecular formula is C22H14F3N. The summed E-state index contributed by atoms with van der Waals surface area (Å²) in [7, 11) is 0. The van der Waals surface area contributed by atoms with Gasteiger partial charge in [0.25, 0.3) is 0 Å². The highest BCUT2D eigenvalue weighted by Gasteiger charge is 2.38. The van der Waals surface area contributed by atoms with Crippen LogP contribution in [0.1, 0.15) is 5.56 Å². The zero-order valence-electron chi connectivity index (χ0n) is 13.7. The zero-order valence-corrected chi connectivity index (χ0v) is 13.7. The number of rotatable bonds is 2. The third-order valence-electron chi connectivity index (χ3n) is 4.29. The Hall–Kier alpha value is -3.14. The number of para-hydroxylation sites is 1. The van der Waals surface area contributed by atoms with Crippen LogP contribution < -0.4 is 0 Å². The van der Waals surface area contributed by atoms with Gasteiger partial charge in [-0.05, 0) is 11.6 Å². The average Bonchev–Trinajstić information content (AvgIpc) is 2.67. The van der Waals surface area contributed by atoms with Gasteiger partial charge in [-0.15, -0.1) is 0 Å². The van der Waals surface area contributed by atoms with E-state index in [9.17, 15) is 13.2 Å². The van der Waals surface area contributed by atoms with Gasteiger partial charge in [-0.25, -0.2) is 4.98 Å². The van der Waals surface area contributed by atoms with Crippen molar-refractivity contribution in [3.63, 3.8) is 0 Å². The van der Waals surface area contributed by atoms with Crippen LogP contribution >= 0.6 is 0 Å². The maximum absolute atomic E-state index is 14.2. The van der Waals surface area contributed by atoms with Crippen LogP contribution in [0.4, 0.5) is 13.2 Å². The number of hydrogen-bond donors (Lipinski definition) is 0. The Morgan fingerprint density at radius 2 is 1.15 bits per heavy atom. The largest absolute Gasteiger partial charge is 0.419 e. The van der Waals surface area contributed by atoms with E-state index in [2.05, 4.69) is 4.98 Å². The monoisotopic (exact) mass is 349 g/mol. The molecular weight excluding hydrogens is 335 g/mol. The van der Waals surface area contributed by atoms with Crippen molar-refractivity contribution < 1.29 is 13.2 Å². The Bertz CT molecular complexity index is 1060. The second kappa shape index (κ2) is 6.30. The van der Waals surface area contributed by atoms with Gasteiger partial charge in [-0.1, -0.05) is 78.9 Å². The van der Waals surface area contributed by atoms with E-state index >= 15 is 0 Å². The van der Waals surface area contributed by atoms with Crippen molar-refractivity contribution in [2.24, 2.45) is 0 Å². The van der Waals surface area contributed by atoms with Gasteiger partial charge in [0.2, 0.25) is 0 Å². The van der Waals surface area contributed by atoms with E-state index in [1.165, 1.54) is 0 Å². The third-order valence-corrected chi connectivity index (χ3v) is 4.29. The van der Waals surface area contributed by atoms with Crippen LogP contribution in [0.3, 0.4) is 0 Å². The first-order valence-corrected chi connectivity index (χ1v) is 8.16. The normalized spacial score (nSPS) is 11.7. The van der Waals surface area contributed by atoms with Gasteiger partial charge in [0.15, 0.2) is 0 Å². The molecule has 1 heterocycles. The van der Waals surface area contributed by atoms with E-state index in [1.54, 1.807) is 84.9 Å². The molecule has 0 saturated heterocycles. The summed E-state index contributed by atoms with van der Waals surface area (Å²) in [5, 5.41) is 0.491. The lowest BCUT2D eigenvalue weighted by Gasteiger charge is -2.19. The smallest absolute Gasteiger partial charge is 0.247 e. The molecule has 0 unspecified atom stereocenters. The van der Waals surface area contributed by atoms with Gasteiger partial charge < -0.3 is 0 Å². The molecule has 0 fully saturated rings. The number of hydrogen-bond acceptors (Lipinski definition) is 1. The highest BCUT2D eigenvalue weighted by Crippen LogP contribution is 2.45. The van der Waals surface area contributed by atoms with Crippen LogP contribution in [0.25, 0.3) is 33.3 Å². The second-order valence-corrected chi connectivity index (χ2v) is 5.96. The lowest BCUT2D eigenvalue weighted by molar-refractivity contribution is -0.136. The van der Waals surface area contributed by atoms with E-state index in [0.717, 1.165) is 0 Å². The molecule has 1 nitrogen and oxygen atoms in total. The highest BCUT2D eigenvalue weighted by atomic mass is 19.4. The van der Waals surface area contributed by atoms with Crippen LogP contribution in [0.2, 0.25) is 0 Å². The van der Waals surface area contributed by atoms with Crippen LogP contribution in [0, 0.1) is 0 Å². The molecule has 4 aromatic rings. The minimum atomic E-state index is -4.53. The quantitative estimate of drug-likeness (QED) is 0.398. The van der Waals surface area contributed by atoms with Crippen LogP contribution in [0.15, 0.2) is 84.9 Å². The Balaban J connectivity index is 2.19. The number of alkyl halides is 3. The van der Waals surface area contributed by atoms with Crippen molar-refractivity contribution in [3.8, 4) is 22.4 Å². The van der Waals surface area contributed by atoms with Crippen molar-refractivity contribution in [2.75, 3.05) is 0 Å². The van der Waals surface area contributed by atoms with Crippen molar-refractivity contribution in [2.45, 2.75) is 6.18 Å². The molecule has 0 aliphatic heterocycles. The predicted octanol–water partition coefficient (Wildman–Crippen LogP) is 6.59. The van der Waals surface area contributed by atoms with Crippen LogP contribution in [0.5, 0.6) is 0 Å². The van der Waals surface area contributed by atoms with Crippen molar-refractivity contribution in [3.05, 3.63) is 90.5 Å². The fourth-order valence-electron chi connectivity index (χ4n) is 3.20. The van der Waals surface area contributed by atoms with E-state index in [4.69, 9.17) is 0 Å². The topological polar surface area (TPSA) is 12.9 Å². The van der Waals surface area contributed by atoms with Crippen molar-refractivity contribution in [1.82, 2.24) is 4.98 Å². The average molecular weight is 349 g/mol. The summed E-state index contributed by atoms with van der Waals surface area (Å²) in [4.78, 5) is 4.38. The Morgan fingerprint density at radius 3 is 1.77 bits per heavy atom. The minimum absolute atomic E-state index is 0.0457. The summed E-state index contributed by atoms with van der Waals surface area (Å²) in [6.07, 6.45) is -4.53. The maximum atomic E-state index is 14.2. The standard InChI is InChI=1S/C22H14F3N/c23-22(24,25)20-19(15-9-3-1-4-10-15)17-13-7-8-14-18(17)26-21(20)16-11-5-2-6-12-16/h1-14H. The Labute approximate surface area is 148 Å². The molecule has 0 spiro atoms. The molecule has 0 N–H and O–H groups in total. The molecule has 128 valence electrons. The van der Waals surface area contributed by atoms with Crippen LogP contribution in [-0.2, 0) is 6.18 Å². The molecule has 26 heavy (non-hydrogen) atoms. The lowest BCUT2D eigenvalue weighted by atomic mass is 9.91. The molecule has 0 bridgehead atoms. The first kappa shape index (κ1) is 16.3. The van der Waals surface area contributed by atoms with E-state index in [1.807, 2.05) is 0 Å². The van der Waals surface area contributed by atoms with Gasteiger partial charge in [0.1, 0.15) is 0 Å². The minimum Gasteiger partial charge on any atom is -0.247 e. The SMILES string of the molecule is FC(F)(F)c1c(-c2ccccc2)nc2ccccc2c1-c1ccccc1. The van der Waals surface area contributed by atoms with Gasteiger partial charge in [-0.3, -0.25) is 0 Å². The summed E-state index contributed by atoms with van der Waals surface area (Å²) in [6.45, 7) is 0. The predicted molar refractivity (Wildman–Crippen MR) is 97.6 cm³/mol. The fourth-order valence-corrected chi connectivity index (χ4v) is 3.20. The van der Waals surface area contributed by atoms with Crippen LogP contribution in [-0.4, -0.2) is 4.98 Å². The molecule has 0 aliphatic rings. The zero-order chi connectivity index (χ0) is 18.1. The molecule has 0 radical (unpaired) electrons. The summed E-state index contributed by atoms with van der Waals surface area (Å²) in [5.74, 6) is 0. The van der Waals surface area contributed by atoms with E-state index in [0.29, 0.717) is 22.0 Å². The molecule has 0 aliphatic carbocycles. The first-order valence-electron chi connectivity index (χ1n) is 8.16. The number of halogens is 3. The second-order valence-electron chi connectivity index (χ2n) is 5.96. The molecule has 4 rings (SSSR count). The third kappa shape index (κ3) is 2.84. The number of benzene rings is 3.